The number of carbonyl (C=O) groups is 2. The summed E-state index contributed by atoms with van der Waals surface area (Å²) in [7, 11) is 1.42. The topological polar surface area (TPSA) is 98.5 Å². The number of rotatable bonds is 7. The van der Waals surface area contributed by atoms with Crippen molar-refractivity contribution in [3.05, 3.63) is 81.9 Å². The van der Waals surface area contributed by atoms with Crippen LogP contribution in [0.1, 0.15) is 27.1 Å². The standard InChI is InChI=1S/C21H18N2O5/c1-28-17-8-9-19(23(26)27)18(13-17)20(24)10-11-22-21(25)16-7-6-14-4-2-3-5-15(14)12-16/h2-9,12-13H,10-11H2,1H3,(H,22,25). The van der Waals surface area contributed by atoms with E-state index in [9.17, 15) is 19.7 Å². The molecule has 0 saturated carbocycles. The minimum Gasteiger partial charge on any atom is -0.497 e. The van der Waals surface area contributed by atoms with E-state index in [1.165, 1.54) is 25.3 Å². The fourth-order valence-electron chi connectivity index (χ4n) is 2.88. The van der Waals surface area contributed by atoms with Gasteiger partial charge in [0.2, 0.25) is 0 Å². The summed E-state index contributed by atoms with van der Waals surface area (Å²) in [6, 6.07) is 17.0. The molecule has 0 aromatic heterocycles. The van der Waals surface area contributed by atoms with Crippen LogP contribution in [0, 0.1) is 10.1 Å². The molecule has 1 amide bonds. The molecule has 1 N–H and O–H groups in total. The molecule has 3 aromatic carbocycles. The summed E-state index contributed by atoms with van der Waals surface area (Å²) in [6.45, 7) is 0.0683. The monoisotopic (exact) mass is 378 g/mol. The number of nitrogens with one attached hydrogen (secondary N) is 1. The number of nitrogens with zero attached hydrogens (tertiary/aromatic N) is 1. The minimum atomic E-state index is -0.611. The summed E-state index contributed by atoms with van der Waals surface area (Å²) >= 11 is 0. The fourth-order valence-corrected chi connectivity index (χ4v) is 2.88. The number of amides is 1. The van der Waals surface area contributed by atoms with E-state index in [4.69, 9.17) is 4.74 Å². The van der Waals surface area contributed by atoms with Crippen molar-refractivity contribution in [3.8, 4) is 5.75 Å². The maximum atomic E-state index is 12.4. The van der Waals surface area contributed by atoms with Gasteiger partial charge in [-0.15, -0.1) is 0 Å². The van der Waals surface area contributed by atoms with Crippen LogP contribution in [0.3, 0.4) is 0 Å². The van der Waals surface area contributed by atoms with Gasteiger partial charge in [-0.2, -0.15) is 0 Å². The van der Waals surface area contributed by atoms with Gasteiger partial charge in [0.1, 0.15) is 5.75 Å². The van der Waals surface area contributed by atoms with Crippen molar-refractivity contribution in [3.63, 3.8) is 0 Å². The molecule has 0 bridgehead atoms. The van der Waals surface area contributed by atoms with Gasteiger partial charge in [0.25, 0.3) is 11.6 Å². The Morgan fingerprint density at radius 1 is 1.04 bits per heavy atom. The third-order valence-electron chi connectivity index (χ3n) is 4.35. The Morgan fingerprint density at radius 2 is 1.79 bits per heavy atom. The zero-order chi connectivity index (χ0) is 20.1. The van der Waals surface area contributed by atoms with Gasteiger partial charge in [0.05, 0.1) is 17.6 Å². The third-order valence-corrected chi connectivity index (χ3v) is 4.35. The van der Waals surface area contributed by atoms with Gasteiger partial charge in [0, 0.05) is 24.6 Å². The normalized spacial score (nSPS) is 10.5. The highest BCUT2D eigenvalue weighted by molar-refractivity contribution is 6.01. The van der Waals surface area contributed by atoms with Gasteiger partial charge < -0.3 is 10.1 Å². The third kappa shape index (κ3) is 4.15. The van der Waals surface area contributed by atoms with Crippen LogP contribution in [0.5, 0.6) is 5.75 Å². The lowest BCUT2D eigenvalue weighted by atomic mass is 10.0. The van der Waals surface area contributed by atoms with Gasteiger partial charge in [0.15, 0.2) is 5.78 Å². The highest BCUT2D eigenvalue weighted by Gasteiger charge is 2.21. The largest absolute Gasteiger partial charge is 0.497 e. The average Bonchev–Trinajstić information content (AvgIpc) is 2.72. The van der Waals surface area contributed by atoms with Gasteiger partial charge in [-0.25, -0.2) is 0 Å². The Kier molecular flexibility index (Phi) is 5.64. The maximum Gasteiger partial charge on any atom is 0.280 e. The first-order chi connectivity index (χ1) is 13.5. The first-order valence-corrected chi connectivity index (χ1v) is 8.62. The van der Waals surface area contributed by atoms with Crippen LogP contribution < -0.4 is 10.1 Å². The van der Waals surface area contributed by atoms with Crippen molar-refractivity contribution < 1.29 is 19.2 Å². The number of carbonyl (C=O) groups excluding carboxylic acids is 2. The molecule has 0 aliphatic carbocycles. The predicted molar refractivity (Wildman–Crippen MR) is 105 cm³/mol. The number of ketones is 1. The summed E-state index contributed by atoms with van der Waals surface area (Å²) in [5.74, 6) is -0.391. The van der Waals surface area contributed by atoms with Crippen molar-refractivity contribution >= 4 is 28.2 Å². The first kappa shape index (κ1) is 19.0. The van der Waals surface area contributed by atoms with Crippen LogP contribution >= 0.6 is 0 Å². The molecule has 0 unspecified atom stereocenters. The average molecular weight is 378 g/mol. The van der Waals surface area contributed by atoms with E-state index in [1.54, 1.807) is 12.1 Å². The van der Waals surface area contributed by atoms with Crippen LogP contribution in [-0.4, -0.2) is 30.3 Å². The van der Waals surface area contributed by atoms with Crippen molar-refractivity contribution in [2.24, 2.45) is 0 Å². The zero-order valence-corrected chi connectivity index (χ0v) is 15.2. The number of hydrogen-bond donors (Lipinski definition) is 1. The molecule has 0 fully saturated rings. The molecule has 7 nitrogen and oxygen atoms in total. The van der Waals surface area contributed by atoms with E-state index >= 15 is 0 Å². The van der Waals surface area contributed by atoms with Crippen molar-refractivity contribution in [1.29, 1.82) is 0 Å². The summed E-state index contributed by atoms with van der Waals surface area (Å²) < 4.78 is 5.03. The van der Waals surface area contributed by atoms with Crippen molar-refractivity contribution in [1.82, 2.24) is 5.32 Å². The van der Waals surface area contributed by atoms with Crippen molar-refractivity contribution in [2.75, 3.05) is 13.7 Å². The minimum absolute atomic E-state index is 0.0377. The Morgan fingerprint density at radius 3 is 2.50 bits per heavy atom. The lowest BCUT2D eigenvalue weighted by molar-refractivity contribution is -0.385. The number of ether oxygens (including phenoxy) is 1. The molecule has 3 aromatic rings. The number of hydrogen-bond acceptors (Lipinski definition) is 5. The second-order valence-corrected chi connectivity index (χ2v) is 6.13. The highest BCUT2D eigenvalue weighted by Crippen LogP contribution is 2.25. The summed E-state index contributed by atoms with van der Waals surface area (Å²) in [5.41, 5.74) is 0.162. The number of fused-ring (bicyclic) bond motifs is 1. The number of benzene rings is 3. The smallest absolute Gasteiger partial charge is 0.280 e. The van der Waals surface area contributed by atoms with E-state index in [1.807, 2.05) is 30.3 Å². The summed E-state index contributed by atoms with van der Waals surface area (Å²) in [5, 5.41) is 15.8. The van der Waals surface area contributed by atoms with Crippen LogP contribution in [0.25, 0.3) is 10.8 Å². The van der Waals surface area contributed by atoms with E-state index < -0.39 is 10.7 Å². The van der Waals surface area contributed by atoms with Gasteiger partial charge >= 0.3 is 0 Å². The van der Waals surface area contributed by atoms with Gasteiger partial charge in [-0.3, -0.25) is 19.7 Å². The molecule has 0 aliphatic rings. The Labute approximate surface area is 161 Å². The van der Waals surface area contributed by atoms with Crippen LogP contribution in [-0.2, 0) is 0 Å². The van der Waals surface area contributed by atoms with E-state index in [0.717, 1.165) is 10.8 Å². The lowest BCUT2D eigenvalue weighted by Crippen LogP contribution is -2.26. The fraction of sp³-hybridized carbons (Fsp3) is 0.143. The quantitative estimate of drug-likeness (QED) is 0.383. The predicted octanol–water partition coefficient (Wildman–Crippen LogP) is 3.76. The molecule has 0 aliphatic heterocycles. The molecular weight excluding hydrogens is 360 g/mol. The summed E-state index contributed by atoms with van der Waals surface area (Å²) in [4.78, 5) is 35.3. The van der Waals surface area contributed by atoms with E-state index in [-0.39, 0.29) is 30.1 Å². The molecule has 142 valence electrons. The van der Waals surface area contributed by atoms with E-state index in [2.05, 4.69) is 5.32 Å². The Bertz CT molecular complexity index is 1060. The van der Waals surface area contributed by atoms with E-state index in [0.29, 0.717) is 11.3 Å². The number of nitro groups is 1. The molecule has 0 saturated heterocycles. The number of Topliss-reactive ketones (excluding diaryl/α,β-unsaturated/α-hetero) is 1. The Hall–Kier alpha value is -3.74. The number of methoxy groups -OCH3 is 1. The van der Waals surface area contributed by atoms with Crippen molar-refractivity contribution in [2.45, 2.75) is 6.42 Å². The molecule has 0 heterocycles. The van der Waals surface area contributed by atoms with Gasteiger partial charge in [-0.1, -0.05) is 30.3 Å². The second-order valence-electron chi connectivity index (χ2n) is 6.13. The molecule has 7 heteroatoms. The molecular formula is C21H18N2O5. The van der Waals surface area contributed by atoms with Crippen LogP contribution in [0.15, 0.2) is 60.7 Å². The second kappa shape index (κ2) is 8.30. The molecule has 0 spiro atoms. The lowest BCUT2D eigenvalue weighted by Gasteiger charge is -2.07. The molecule has 0 radical (unpaired) electrons. The molecule has 3 rings (SSSR count). The number of nitro benzene ring substituents is 1. The zero-order valence-electron chi connectivity index (χ0n) is 15.2. The first-order valence-electron chi connectivity index (χ1n) is 8.62. The van der Waals surface area contributed by atoms with Crippen LogP contribution in [0.4, 0.5) is 5.69 Å². The van der Waals surface area contributed by atoms with Gasteiger partial charge in [-0.05, 0) is 35.0 Å². The Balaban J connectivity index is 1.66. The van der Waals surface area contributed by atoms with Crippen LogP contribution in [0.2, 0.25) is 0 Å². The molecule has 28 heavy (non-hydrogen) atoms. The highest BCUT2D eigenvalue weighted by atomic mass is 16.6. The maximum absolute atomic E-state index is 12.4. The molecule has 0 atom stereocenters. The SMILES string of the molecule is COc1ccc([N+](=O)[O-])c(C(=O)CCNC(=O)c2ccc3ccccc3c2)c1. The summed E-state index contributed by atoms with van der Waals surface area (Å²) in [6.07, 6.45) is -0.0622.